The van der Waals surface area contributed by atoms with Crippen molar-refractivity contribution < 1.29 is 9.53 Å². The molecule has 2 amide bonds. The number of thiophene rings is 1. The number of urea groups is 1. The molecule has 0 bridgehead atoms. The van der Waals surface area contributed by atoms with Gasteiger partial charge in [0.1, 0.15) is 12.4 Å². The number of rotatable bonds is 7. The molecule has 0 unspecified atom stereocenters. The minimum Gasteiger partial charge on any atom is -0.492 e. The fourth-order valence-electron chi connectivity index (χ4n) is 1.91. The third-order valence-corrected chi connectivity index (χ3v) is 4.40. The zero-order valence-corrected chi connectivity index (χ0v) is 13.8. The maximum Gasteiger partial charge on any atom is 0.315 e. The van der Waals surface area contributed by atoms with Gasteiger partial charge in [-0.3, -0.25) is 0 Å². The lowest BCUT2D eigenvalue weighted by Crippen LogP contribution is -2.37. The minimum absolute atomic E-state index is 0.168. The van der Waals surface area contributed by atoms with Crippen LogP contribution in [-0.2, 0) is 13.0 Å². The van der Waals surface area contributed by atoms with Crippen molar-refractivity contribution in [1.29, 1.82) is 0 Å². The van der Waals surface area contributed by atoms with Crippen LogP contribution in [-0.4, -0.2) is 19.2 Å². The molecule has 0 atom stereocenters. The third-order valence-electron chi connectivity index (χ3n) is 3.17. The van der Waals surface area contributed by atoms with E-state index < -0.39 is 0 Å². The highest BCUT2D eigenvalue weighted by Crippen LogP contribution is 2.16. The number of ether oxygens (including phenoxy) is 1. The van der Waals surface area contributed by atoms with Crippen LogP contribution in [0.5, 0.6) is 5.75 Å². The van der Waals surface area contributed by atoms with Crippen molar-refractivity contribution in [3.63, 3.8) is 0 Å². The topological polar surface area (TPSA) is 50.4 Å². The van der Waals surface area contributed by atoms with Crippen molar-refractivity contribution >= 4 is 17.4 Å². The zero-order valence-electron chi connectivity index (χ0n) is 13.0. The predicted octanol–water partition coefficient (Wildman–Crippen LogP) is 3.50. The van der Waals surface area contributed by atoms with E-state index in [-0.39, 0.29) is 6.03 Å². The SMILES string of the molecule is CCc1ccc(CNC(=O)NCCOc2ccc(C)cc2)s1. The van der Waals surface area contributed by atoms with E-state index in [0.717, 1.165) is 12.2 Å². The highest BCUT2D eigenvalue weighted by Gasteiger charge is 2.02. The van der Waals surface area contributed by atoms with Gasteiger partial charge in [0.05, 0.1) is 13.1 Å². The Labute approximate surface area is 135 Å². The first-order chi connectivity index (χ1) is 10.7. The van der Waals surface area contributed by atoms with Gasteiger partial charge in [-0.15, -0.1) is 11.3 Å². The van der Waals surface area contributed by atoms with Gasteiger partial charge in [0, 0.05) is 9.75 Å². The number of aryl methyl sites for hydroxylation is 2. The van der Waals surface area contributed by atoms with Crippen LogP contribution < -0.4 is 15.4 Å². The summed E-state index contributed by atoms with van der Waals surface area (Å²) in [7, 11) is 0. The molecule has 0 saturated heterocycles. The molecule has 1 aromatic carbocycles. The first-order valence-corrected chi connectivity index (χ1v) is 8.28. The van der Waals surface area contributed by atoms with Gasteiger partial charge in [0.2, 0.25) is 0 Å². The fraction of sp³-hybridized carbons (Fsp3) is 0.353. The highest BCUT2D eigenvalue weighted by atomic mass is 32.1. The number of hydrogen-bond acceptors (Lipinski definition) is 3. The molecule has 1 aromatic heterocycles. The Balaban J connectivity index is 1.60. The van der Waals surface area contributed by atoms with Crippen LogP contribution in [0.15, 0.2) is 36.4 Å². The predicted molar refractivity (Wildman–Crippen MR) is 90.6 cm³/mol. The molecule has 118 valence electrons. The van der Waals surface area contributed by atoms with Gasteiger partial charge < -0.3 is 15.4 Å². The van der Waals surface area contributed by atoms with E-state index >= 15 is 0 Å². The molecule has 2 aromatic rings. The summed E-state index contributed by atoms with van der Waals surface area (Å²) in [6.45, 7) is 5.66. The van der Waals surface area contributed by atoms with Crippen molar-refractivity contribution in [2.24, 2.45) is 0 Å². The Morgan fingerprint density at radius 1 is 1.09 bits per heavy atom. The van der Waals surface area contributed by atoms with E-state index in [1.807, 2.05) is 31.2 Å². The number of benzene rings is 1. The second-order valence-electron chi connectivity index (χ2n) is 4.99. The lowest BCUT2D eigenvalue weighted by molar-refractivity contribution is 0.236. The van der Waals surface area contributed by atoms with Crippen LogP contribution in [0.2, 0.25) is 0 Å². The summed E-state index contributed by atoms with van der Waals surface area (Å²) in [6, 6.07) is 11.9. The number of hydrogen-bond donors (Lipinski definition) is 2. The van der Waals surface area contributed by atoms with Crippen LogP contribution in [0.4, 0.5) is 4.79 Å². The van der Waals surface area contributed by atoms with Gasteiger partial charge in [-0.2, -0.15) is 0 Å². The Kier molecular flexibility index (Phi) is 6.27. The molecule has 4 nitrogen and oxygen atoms in total. The van der Waals surface area contributed by atoms with Gasteiger partial charge in [-0.25, -0.2) is 4.79 Å². The van der Waals surface area contributed by atoms with Gasteiger partial charge in [0.25, 0.3) is 0 Å². The molecular formula is C17H22N2O2S. The summed E-state index contributed by atoms with van der Waals surface area (Å²) in [5.74, 6) is 0.818. The van der Waals surface area contributed by atoms with Crippen molar-refractivity contribution in [3.8, 4) is 5.75 Å². The summed E-state index contributed by atoms with van der Waals surface area (Å²) in [4.78, 5) is 14.2. The fourth-order valence-corrected chi connectivity index (χ4v) is 2.80. The van der Waals surface area contributed by atoms with E-state index in [0.29, 0.717) is 19.7 Å². The Morgan fingerprint density at radius 3 is 2.50 bits per heavy atom. The Morgan fingerprint density at radius 2 is 1.82 bits per heavy atom. The van der Waals surface area contributed by atoms with E-state index in [1.165, 1.54) is 15.3 Å². The molecular weight excluding hydrogens is 296 g/mol. The smallest absolute Gasteiger partial charge is 0.315 e. The zero-order chi connectivity index (χ0) is 15.8. The highest BCUT2D eigenvalue weighted by molar-refractivity contribution is 7.11. The summed E-state index contributed by atoms with van der Waals surface area (Å²) >= 11 is 1.73. The minimum atomic E-state index is -0.168. The van der Waals surface area contributed by atoms with Crippen molar-refractivity contribution in [2.45, 2.75) is 26.8 Å². The quantitative estimate of drug-likeness (QED) is 0.768. The summed E-state index contributed by atoms with van der Waals surface area (Å²) in [5, 5.41) is 5.63. The molecule has 0 radical (unpaired) electrons. The lowest BCUT2D eigenvalue weighted by atomic mass is 10.2. The van der Waals surface area contributed by atoms with Crippen LogP contribution in [0.1, 0.15) is 22.2 Å². The second kappa shape index (κ2) is 8.44. The maximum atomic E-state index is 11.7. The molecule has 0 aliphatic heterocycles. The van der Waals surface area contributed by atoms with E-state index in [1.54, 1.807) is 11.3 Å². The van der Waals surface area contributed by atoms with Crippen molar-refractivity contribution in [1.82, 2.24) is 10.6 Å². The summed E-state index contributed by atoms with van der Waals surface area (Å²) < 4.78 is 5.55. The average Bonchev–Trinajstić information content (AvgIpc) is 2.99. The summed E-state index contributed by atoms with van der Waals surface area (Å²) in [6.07, 6.45) is 1.03. The maximum absolute atomic E-state index is 11.7. The molecule has 1 heterocycles. The van der Waals surface area contributed by atoms with Crippen LogP contribution in [0, 0.1) is 6.92 Å². The van der Waals surface area contributed by atoms with Crippen molar-refractivity contribution in [2.75, 3.05) is 13.2 Å². The Bertz CT molecular complexity index is 593. The molecule has 2 rings (SSSR count). The second-order valence-corrected chi connectivity index (χ2v) is 6.25. The number of carbonyl (C=O) groups is 1. The van der Waals surface area contributed by atoms with E-state index in [4.69, 9.17) is 4.74 Å². The molecule has 5 heteroatoms. The first-order valence-electron chi connectivity index (χ1n) is 7.46. The third kappa shape index (κ3) is 5.41. The standard InChI is InChI=1S/C17H22N2O2S/c1-3-15-8-9-16(22-15)12-19-17(20)18-10-11-21-14-6-4-13(2)5-7-14/h4-9H,3,10-12H2,1-2H3,(H2,18,19,20). The van der Waals surface area contributed by atoms with Gasteiger partial charge in [-0.05, 0) is 37.6 Å². The molecule has 0 saturated carbocycles. The lowest BCUT2D eigenvalue weighted by Gasteiger charge is -2.08. The summed E-state index contributed by atoms with van der Waals surface area (Å²) in [5.41, 5.74) is 1.20. The van der Waals surface area contributed by atoms with E-state index in [9.17, 15) is 4.79 Å². The molecule has 0 aliphatic carbocycles. The normalized spacial score (nSPS) is 10.3. The van der Waals surface area contributed by atoms with E-state index in [2.05, 4.69) is 29.7 Å². The molecule has 22 heavy (non-hydrogen) atoms. The average molecular weight is 318 g/mol. The molecule has 0 spiro atoms. The van der Waals surface area contributed by atoms with Crippen molar-refractivity contribution in [3.05, 3.63) is 51.7 Å². The number of carbonyl (C=O) groups excluding carboxylic acids is 1. The van der Waals surface area contributed by atoms with Gasteiger partial charge >= 0.3 is 6.03 Å². The largest absolute Gasteiger partial charge is 0.492 e. The van der Waals surface area contributed by atoms with Crippen LogP contribution >= 0.6 is 11.3 Å². The molecule has 2 N–H and O–H groups in total. The molecule has 0 fully saturated rings. The first kappa shape index (κ1) is 16.4. The van der Waals surface area contributed by atoms with Gasteiger partial charge in [0.15, 0.2) is 0 Å². The van der Waals surface area contributed by atoms with Crippen LogP contribution in [0.25, 0.3) is 0 Å². The molecule has 0 aliphatic rings. The number of amides is 2. The monoisotopic (exact) mass is 318 g/mol. The Hall–Kier alpha value is -2.01. The van der Waals surface area contributed by atoms with Crippen LogP contribution in [0.3, 0.4) is 0 Å². The van der Waals surface area contributed by atoms with Gasteiger partial charge in [-0.1, -0.05) is 24.6 Å². The number of nitrogens with one attached hydrogen (secondary N) is 2.